The monoisotopic (exact) mass is 352 g/mol. The second kappa shape index (κ2) is 10.9. The van der Waals surface area contributed by atoms with E-state index in [1.165, 1.54) is 0 Å². The van der Waals surface area contributed by atoms with Crippen molar-refractivity contribution in [3.8, 4) is 0 Å². The van der Waals surface area contributed by atoms with Crippen molar-refractivity contribution in [2.24, 2.45) is 0 Å². The van der Waals surface area contributed by atoms with Crippen LogP contribution in [-0.4, -0.2) is 88.1 Å². The van der Waals surface area contributed by atoms with E-state index >= 15 is 0 Å². The predicted molar refractivity (Wildman–Crippen MR) is 80.8 cm³/mol. The van der Waals surface area contributed by atoms with Gasteiger partial charge in [0.2, 0.25) is 0 Å². The number of hydrogen-bond donors (Lipinski definition) is 5. The molecule has 5 N–H and O–H groups in total. The van der Waals surface area contributed by atoms with Gasteiger partial charge < -0.3 is 39.7 Å². The Morgan fingerprint density at radius 1 is 1.12 bits per heavy atom. The summed E-state index contributed by atoms with van der Waals surface area (Å²) in [6, 6.07) is 0. The Kier molecular flexibility index (Phi) is 9.67. The SMILES string of the molecule is CCCCCC(=O)OCC(CO)O[C@@H]1O[C@H](CO)[C@@H](O)[C@H](O)[C@H]1O. The molecule has 0 aromatic rings. The summed E-state index contributed by atoms with van der Waals surface area (Å²) in [5.74, 6) is -0.417. The van der Waals surface area contributed by atoms with Crippen molar-refractivity contribution >= 4 is 5.97 Å². The lowest BCUT2D eigenvalue weighted by Crippen LogP contribution is -2.60. The Morgan fingerprint density at radius 3 is 2.42 bits per heavy atom. The number of rotatable bonds is 10. The number of unbranched alkanes of at least 4 members (excludes halogenated alkanes) is 2. The van der Waals surface area contributed by atoms with Crippen molar-refractivity contribution in [2.75, 3.05) is 19.8 Å². The number of aliphatic hydroxyl groups excluding tert-OH is 5. The fraction of sp³-hybridized carbons (Fsp3) is 0.933. The van der Waals surface area contributed by atoms with Crippen LogP contribution < -0.4 is 0 Å². The van der Waals surface area contributed by atoms with Crippen LogP contribution in [0.1, 0.15) is 32.6 Å². The Labute approximate surface area is 140 Å². The van der Waals surface area contributed by atoms with Crippen LogP contribution in [0.25, 0.3) is 0 Å². The van der Waals surface area contributed by atoms with E-state index in [1.54, 1.807) is 0 Å². The standard InChI is InChI=1S/C15H28O9/c1-2-3-4-5-11(18)22-8-9(6-16)23-15-14(21)13(20)12(19)10(7-17)24-15/h9-10,12-17,19-21H,2-8H2,1H3/t9?,10-,12-,13+,14-,15-/m1/s1. The molecule has 0 aromatic carbocycles. The molecule has 1 aliphatic rings. The van der Waals surface area contributed by atoms with E-state index in [0.717, 1.165) is 12.8 Å². The molecule has 0 bridgehead atoms. The number of ether oxygens (including phenoxy) is 3. The molecular formula is C15H28O9. The van der Waals surface area contributed by atoms with Crippen LogP contribution in [0.5, 0.6) is 0 Å². The minimum atomic E-state index is -1.57. The van der Waals surface area contributed by atoms with Crippen LogP contribution in [0.2, 0.25) is 0 Å². The molecule has 1 aliphatic heterocycles. The first kappa shape index (κ1) is 21.2. The normalized spacial score (nSPS) is 31.7. The van der Waals surface area contributed by atoms with Gasteiger partial charge in [-0.2, -0.15) is 0 Å². The molecule has 0 amide bonds. The highest BCUT2D eigenvalue weighted by Crippen LogP contribution is 2.23. The lowest BCUT2D eigenvalue weighted by Gasteiger charge is -2.40. The van der Waals surface area contributed by atoms with Gasteiger partial charge in [0.15, 0.2) is 6.29 Å². The molecule has 142 valence electrons. The maximum absolute atomic E-state index is 11.5. The van der Waals surface area contributed by atoms with Crippen molar-refractivity contribution < 1.29 is 44.5 Å². The van der Waals surface area contributed by atoms with Gasteiger partial charge in [0.1, 0.15) is 37.1 Å². The van der Waals surface area contributed by atoms with Crippen LogP contribution in [0.4, 0.5) is 0 Å². The summed E-state index contributed by atoms with van der Waals surface area (Å²) < 4.78 is 15.5. The number of hydrogen-bond acceptors (Lipinski definition) is 9. The lowest BCUT2D eigenvalue weighted by atomic mass is 9.99. The van der Waals surface area contributed by atoms with Gasteiger partial charge in [-0.1, -0.05) is 19.8 Å². The molecule has 1 unspecified atom stereocenters. The number of carbonyl (C=O) groups excluding carboxylic acids is 1. The molecule has 0 radical (unpaired) electrons. The predicted octanol–water partition coefficient (Wildman–Crippen LogP) is -1.71. The molecule has 1 heterocycles. The third kappa shape index (κ3) is 6.25. The summed E-state index contributed by atoms with van der Waals surface area (Å²) in [6.07, 6.45) is -5.21. The Morgan fingerprint density at radius 2 is 1.83 bits per heavy atom. The summed E-state index contributed by atoms with van der Waals surface area (Å²) in [4.78, 5) is 11.5. The summed E-state index contributed by atoms with van der Waals surface area (Å²) in [5, 5.41) is 47.6. The van der Waals surface area contributed by atoms with Crippen molar-refractivity contribution in [2.45, 2.75) is 69.4 Å². The third-order valence-corrected chi connectivity index (χ3v) is 3.79. The van der Waals surface area contributed by atoms with Crippen molar-refractivity contribution in [3.63, 3.8) is 0 Å². The van der Waals surface area contributed by atoms with E-state index in [-0.39, 0.29) is 13.0 Å². The average molecular weight is 352 g/mol. The van der Waals surface area contributed by atoms with Crippen molar-refractivity contribution in [1.29, 1.82) is 0 Å². The van der Waals surface area contributed by atoms with E-state index in [4.69, 9.17) is 19.3 Å². The van der Waals surface area contributed by atoms with Gasteiger partial charge in [-0.15, -0.1) is 0 Å². The number of carbonyl (C=O) groups is 1. The van der Waals surface area contributed by atoms with Gasteiger partial charge in [0, 0.05) is 6.42 Å². The zero-order valence-electron chi connectivity index (χ0n) is 13.8. The van der Waals surface area contributed by atoms with E-state index in [9.17, 15) is 25.2 Å². The Balaban J connectivity index is 2.47. The molecule has 0 aromatic heterocycles. The largest absolute Gasteiger partial charge is 0.463 e. The van der Waals surface area contributed by atoms with Gasteiger partial charge in [-0.25, -0.2) is 0 Å². The molecule has 9 heteroatoms. The average Bonchev–Trinajstić information content (AvgIpc) is 2.58. The first-order chi connectivity index (χ1) is 11.4. The van der Waals surface area contributed by atoms with E-state index in [2.05, 4.69) is 0 Å². The first-order valence-electron chi connectivity index (χ1n) is 8.17. The van der Waals surface area contributed by atoms with Crippen LogP contribution in [0, 0.1) is 0 Å². The maximum atomic E-state index is 11.5. The second-order valence-electron chi connectivity index (χ2n) is 5.78. The quantitative estimate of drug-likeness (QED) is 0.229. The topological polar surface area (TPSA) is 146 Å². The molecule has 9 nitrogen and oxygen atoms in total. The van der Waals surface area contributed by atoms with Crippen molar-refractivity contribution in [3.05, 3.63) is 0 Å². The van der Waals surface area contributed by atoms with Crippen LogP contribution in [0.3, 0.4) is 0 Å². The Bertz CT molecular complexity index is 363. The van der Waals surface area contributed by atoms with Gasteiger partial charge >= 0.3 is 5.97 Å². The molecule has 0 aliphatic carbocycles. The molecular weight excluding hydrogens is 324 g/mol. The van der Waals surface area contributed by atoms with Gasteiger partial charge in [0.05, 0.1) is 13.2 Å². The van der Waals surface area contributed by atoms with E-state index in [0.29, 0.717) is 6.42 Å². The minimum Gasteiger partial charge on any atom is -0.463 e. The zero-order valence-corrected chi connectivity index (χ0v) is 13.8. The molecule has 24 heavy (non-hydrogen) atoms. The highest BCUT2D eigenvalue weighted by molar-refractivity contribution is 5.69. The molecule has 6 atom stereocenters. The fourth-order valence-electron chi connectivity index (χ4n) is 2.28. The number of aliphatic hydroxyl groups is 5. The highest BCUT2D eigenvalue weighted by atomic mass is 16.7. The molecule has 1 rings (SSSR count). The minimum absolute atomic E-state index is 0.240. The fourth-order valence-corrected chi connectivity index (χ4v) is 2.28. The van der Waals surface area contributed by atoms with Gasteiger partial charge in [-0.3, -0.25) is 4.79 Å². The number of esters is 1. The summed E-state index contributed by atoms with van der Waals surface area (Å²) in [7, 11) is 0. The maximum Gasteiger partial charge on any atom is 0.305 e. The van der Waals surface area contributed by atoms with Crippen LogP contribution in [-0.2, 0) is 19.0 Å². The summed E-state index contributed by atoms with van der Waals surface area (Å²) in [6.45, 7) is 0.691. The molecule has 0 saturated carbocycles. The van der Waals surface area contributed by atoms with Crippen LogP contribution >= 0.6 is 0 Å². The zero-order chi connectivity index (χ0) is 18.1. The molecule has 1 saturated heterocycles. The van der Waals surface area contributed by atoms with E-state index < -0.39 is 56.0 Å². The second-order valence-corrected chi connectivity index (χ2v) is 5.78. The summed E-state index contributed by atoms with van der Waals surface area (Å²) in [5.41, 5.74) is 0. The highest BCUT2D eigenvalue weighted by Gasteiger charge is 2.44. The van der Waals surface area contributed by atoms with Gasteiger partial charge in [-0.05, 0) is 6.42 Å². The van der Waals surface area contributed by atoms with Gasteiger partial charge in [0.25, 0.3) is 0 Å². The molecule has 1 fully saturated rings. The Hall–Kier alpha value is -0.810. The lowest BCUT2D eigenvalue weighted by molar-refractivity contribution is -0.315. The first-order valence-corrected chi connectivity index (χ1v) is 8.17. The third-order valence-electron chi connectivity index (χ3n) is 3.79. The smallest absolute Gasteiger partial charge is 0.305 e. The molecule has 0 spiro atoms. The van der Waals surface area contributed by atoms with Crippen LogP contribution in [0.15, 0.2) is 0 Å². The summed E-state index contributed by atoms with van der Waals surface area (Å²) >= 11 is 0. The van der Waals surface area contributed by atoms with E-state index in [1.807, 2.05) is 6.92 Å². The van der Waals surface area contributed by atoms with Crippen molar-refractivity contribution in [1.82, 2.24) is 0 Å².